The number of aromatic hydroxyl groups is 1. The Morgan fingerprint density at radius 2 is 2.21 bits per heavy atom. The highest BCUT2D eigenvalue weighted by molar-refractivity contribution is 14.1. The summed E-state index contributed by atoms with van der Waals surface area (Å²) < 4.78 is 0.822. The molecule has 19 heavy (non-hydrogen) atoms. The summed E-state index contributed by atoms with van der Waals surface area (Å²) in [5, 5.41) is 24.0. The summed E-state index contributed by atoms with van der Waals surface area (Å²) in [6, 6.07) is 4.70. The van der Waals surface area contributed by atoms with Crippen LogP contribution in [-0.4, -0.2) is 27.6 Å². The van der Waals surface area contributed by atoms with E-state index in [0.717, 1.165) is 3.57 Å². The lowest BCUT2D eigenvalue weighted by Crippen LogP contribution is -2.55. The van der Waals surface area contributed by atoms with Crippen LogP contribution in [0.3, 0.4) is 0 Å². The Morgan fingerprint density at radius 1 is 1.58 bits per heavy atom. The van der Waals surface area contributed by atoms with Crippen LogP contribution in [0.1, 0.15) is 30.6 Å². The molecule has 1 amide bonds. The molecule has 0 spiro atoms. The normalized spacial score (nSPS) is 14.8. The van der Waals surface area contributed by atoms with Crippen molar-refractivity contribution in [1.82, 2.24) is 5.32 Å². The molecule has 0 heterocycles. The minimum absolute atomic E-state index is 0.0894. The van der Waals surface area contributed by atoms with Gasteiger partial charge in [0.05, 0.1) is 11.1 Å². The van der Waals surface area contributed by atoms with Gasteiger partial charge in [0, 0.05) is 3.57 Å². The molecule has 1 aromatic carbocycles. The maximum Gasteiger partial charge on any atom is 0.255 e. The standard InChI is InChI=1S/C12H16IN3O3/c1-3-12(2,11(14)16-19)15-10(18)8-6-7(13)4-5-9(8)17/h4-6,17,19H,3H2,1-2H3,(H2,14,16)(H,15,18). The molecule has 1 aromatic rings. The van der Waals surface area contributed by atoms with Crippen LogP contribution in [-0.2, 0) is 0 Å². The van der Waals surface area contributed by atoms with E-state index in [4.69, 9.17) is 10.9 Å². The van der Waals surface area contributed by atoms with Gasteiger partial charge in [-0.3, -0.25) is 4.79 Å². The first-order chi connectivity index (χ1) is 8.84. The summed E-state index contributed by atoms with van der Waals surface area (Å²) in [4.78, 5) is 12.1. The number of hydrogen-bond donors (Lipinski definition) is 4. The van der Waals surface area contributed by atoms with Gasteiger partial charge in [-0.15, -0.1) is 0 Å². The zero-order chi connectivity index (χ0) is 14.6. The van der Waals surface area contributed by atoms with Crippen LogP contribution in [0.5, 0.6) is 5.75 Å². The lowest BCUT2D eigenvalue weighted by Gasteiger charge is -2.28. The molecular formula is C12H16IN3O3. The first-order valence-electron chi connectivity index (χ1n) is 5.63. The molecule has 1 atom stereocenters. The summed E-state index contributed by atoms with van der Waals surface area (Å²) in [6.07, 6.45) is 0.444. The van der Waals surface area contributed by atoms with Gasteiger partial charge in [0.25, 0.3) is 5.91 Å². The summed E-state index contributed by atoms with van der Waals surface area (Å²) >= 11 is 2.04. The van der Waals surface area contributed by atoms with Crippen molar-refractivity contribution in [3.63, 3.8) is 0 Å². The third-order valence-electron chi connectivity index (χ3n) is 2.97. The molecule has 0 aliphatic rings. The number of hydrogen-bond acceptors (Lipinski definition) is 4. The number of halogens is 1. The van der Waals surface area contributed by atoms with Crippen molar-refractivity contribution >= 4 is 34.3 Å². The van der Waals surface area contributed by atoms with Crippen LogP contribution in [0.4, 0.5) is 0 Å². The number of phenolic OH excluding ortho intramolecular Hbond substituents is 1. The van der Waals surface area contributed by atoms with Crippen molar-refractivity contribution < 1.29 is 15.1 Å². The number of nitrogens with one attached hydrogen (secondary N) is 1. The van der Waals surface area contributed by atoms with Crippen LogP contribution in [0, 0.1) is 3.57 Å². The zero-order valence-electron chi connectivity index (χ0n) is 10.6. The van der Waals surface area contributed by atoms with E-state index in [1.165, 1.54) is 6.07 Å². The predicted octanol–water partition coefficient (Wildman–Crippen LogP) is 1.64. The molecule has 0 radical (unpaired) electrons. The number of rotatable bonds is 4. The van der Waals surface area contributed by atoms with E-state index in [-0.39, 0.29) is 17.1 Å². The number of nitrogens with zero attached hydrogens (tertiary/aromatic N) is 1. The smallest absolute Gasteiger partial charge is 0.255 e. The second-order valence-corrected chi connectivity index (χ2v) is 5.53. The van der Waals surface area contributed by atoms with Crippen molar-refractivity contribution in [2.75, 3.05) is 0 Å². The Kier molecular flexibility index (Phi) is 4.98. The Balaban J connectivity index is 3.05. The van der Waals surface area contributed by atoms with Crippen LogP contribution in [0.2, 0.25) is 0 Å². The van der Waals surface area contributed by atoms with Gasteiger partial charge >= 0.3 is 0 Å². The van der Waals surface area contributed by atoms with E-state index in [0.29, 0.717) is 6.42 Å². The van der Waals surface area contributed by atoms with Gasteiger partial charge in [0.2, 0.25) is 0 Å². The molecule has 1 rings (SSSR count). The quantitative estimate of drug-likeness (QED) is 0.210. The SMILES string of the molecule is CCC(C)(NC(=O)c1cc(I)ccc1O)/C(N)=N/O. The molecule has 0 aliphatic heterocycles. The summed E-state index contributed by atoms with van der Waals surface area (Å²) in [5.74, 6) is -0.684. The first kappa shape index (κ1) is 15.5. The van der Waals surface area contributed by atoms with Crippen LogP contribution >= 0.6 is 22.6 Å². The molecular weight excluding hydrogens is 361 g/mol. The molecule has 1 unspecified atom stereocenters. The molecule has 104 valence electrons. The number of carbonyl (C=O) groups excluding carboxylic acids is 1. The molecule has 0 fully saturated rings. The molecule has 5 N–H and O–H groups in total. The highest BCUT2D eigenvalue weighted by atomic mass is 127. The van der Waals surface area contributed by atoms with Crippen LogP contribution in [0.15, 0.2) is 23.4 Å². The van der Waals surface area contributed by atoms with E-state index < -0.39 is 11.4 Å². The predicted molar refractivity (Wildman–Crippen MR) is 80.4 cm³/mol. The van der Waals surface area contributed by atoms with Gasteiger partial charge in [-0.1, -0.05) is 12.1 Å². The van der Waals surface area contributed by atoms with E-state index in [9.17, 15) is 9.90 Å². The van der Waals surface area contributed by atoms with Gasteiger partial charge < -0.3 is 21.4 Å². The summed E-state index contributed by atoms with van der Waals surface area (Å²) in [7, 11) is 0. The third kappa shape index (κ3) is 3.49. The number of amidine groups is 1. The second-order valence-electron chi connectivity index (χ2n) is 4.29. The minimum atomic E-state index is -0.973. The van der Waals surface area contributed by atoms with E-state index in [1.54, 1.807) is 26.0 Å². The lowest BCUT2D eigenvalue weighted by atomic mass is 9.96. The largest absolute Gasteiger partial charge is 0.507 e. The number of nitrogens with two attached hydrogens (primary N) is 1. The van der Waals surface area contributed by atoms with Gasteiger partial charge in [0.1, 0.15) is 5.75 Å². The van der Waals surface area contributed by atoms with Crippen LogP contribution < -0.4 is 11.1 Å². The number of amides is 1. The Hall–Kier alpha value is -1.51. The Labute approximate surface area is 124 Å². The fourth-order valence-corrected chi connectivity index (χ4v) is 1.94. The Bertz CT molecular complexity index is 519. The van der Waals surface area contributed by atoms with Gasteiger partial charge in [-0.2, -0.15) is 0 Å². The highest BCUT2D eigenvalue weighted by Crippen LogP contribution is 2.21. The second kappa shape index (κ2) is 6.09. The molecule has 0 saturated heterocycles. The molecule has 6 nitrogen and oxygen atoms in total. The zero-order valence-corrected chi connectivity index (χ0v) is 12.8. The van der Waals surface area contributed by atoms with Gasteiger partial charge in [0.15, 0.2) is 5.84 Å². The maximum absolute atomic E-state index is 12.1. The van der Waals surface area contributed by atoms with Crippen molar-refractivity contribution in [1.29, 1.82) is 0 Å². The Morgan fingerprint density at radius 3 is 2.74 bits per heavy atom. The van der Waals surface area contributed by atoms with E-state index in [1.807, 2.05) is 22.6 Å². The highest BCUT2D eigenvalue weighted by Gasteiger charge is 2.30. The lowest BCUT2D eigenvalue weighted by molar-refractivity contribution is 0.0922. The van der Waals surface area contributed by atoms with Gasteiger partial charge in [-0.25, -0.2) is 0 Å². The van der Waals surface area contributed by atoms with Gasteiger partial charge in [-0.05, 0) is 54.1 Å². The fourth-order valence-electron chi connectivity index (χ4n) is 1.45. The molecule has 0 aliphatic carbocycles. The fraction of sp³-hybridized carbons (Fsp3) is 0.333. The van der Waals surface area contributed by atoms with Crippen molar-refractivity contribution in [3.05, 3.63) is 27.3 Å². The number of oxime groups is 1. The summed E-state index contributed by atoms with van der Waals surface area (Å²) in [5.41, 5.74) is 4.76. The number of phenols is 1. The molecule has 0 saturated carbocycles. The van der Waals surface area contributed by atoms with Crippen molar-refractivity contribution in [3.8, 4) is 5.75 Å². The molecule has 0 aromatic heterocycles. The number of carbonyl (C=O) groups is 1. The average Bonchev–Trinajstić information content (AvgIpc) is 2.40. The number of benzene rings is 1. The molecule has 7 heteroatoms. The average molecular weight is 377 g/mol. The topological polar surface area (TPSA) is 108 Å². The van der Waals surface area contributed by atoms with E-state index >= 15 is 0 Å². The maximum atomic E-state index is 12.1. The monoisotopic (exact) mass is 377 g/mol. The molecule has 0 bridgehead atoms. The van der Waals surface area contributed by atoms with E-state index in [2.05, 4.69) is 10.5 Å². The van der Waals surface area contributed by atoms with Crippen molar-refractivity contribution in [2.24, 2.45) is 10.9 Å². The minimum Gasteiger partial charge on any atom is -0.507 e. The summed E-state index contributed by atoms with van der Waals surface area (Å²) in [6.45, 7) is 3.44. The van der Waals surface area contributed by atoms with Crippen LogP contribution in [0.25, 0.3) is 0 Å². The first-order valence-corrected chi connectivity index (χ1v) is 6.71. The van der Waals surface area contributed by atoms with Crippen molar-refractivity contribution in [2.45, 2.75) is 25.8 Å². The third-order valence-corrected chi connectivity index (χ3v) is 3.64.